The van der Waals surface area contributed by atoms with Crippen LogP contribution in [0.5, 0.6) is 5.75 Å². The number of sulfonamides is 1. The van der Waals surface area contributed by atoms with Crippen LogP contribution in [0.15, 0.2) is 47.4 Å². The molecule has 0 atom stereocenters. The highest BCUT2D eigenvalue weighted by molar-refractivity contribution is 7.92. The predicted octanol–water partition coefficient (Wildman–Crippen LogP) is 3.24. The van der Waals surface area contributed by atoms with Crippen LogP contribution in [0.4, 0.5) is 5.69 Å². The Morgan fingerprint density at radius 3 is 2.56 bits per heavy atom. The van der Waals surface area contributed by atoms with E-state index in [0.29, 0.717) is 12.3 Å². The minimum atomic E-state index is -4.00. The second kappa shape index (κ2) is 7.76. The van der Waals surface area contributed by atoms with E-state index in [2.05, 4.69) is 4.72 Å². The van der Waals surface area contributed by atoms with Gasteiger partial charge in [0.05, 0.1) is 17.8 Å². The van der Waals surface area contributed by atoms with Gasteiger partial charge in [-0.05, 0) is 37.3 Å². The van der Waals surface area contributed by atoms with Crippen molar-refractivity contribution in [1.82, 2.24) is 4.90 Å². The highest BCUT2D eigenvalue weighted by Crippen LogP contribution is 2.29. The van der Waals surface area contributed by atoms with E-state index in [0.717, 1.165) is 0 Å². The average Bonchev–Trinajstić information content (AvgIpc) is 2.60. The van der Waals surface area contributed by atoms with Gasteiger partial charge in [0.1, 0.15) is 10.6 Å². The summed E-state index contributed by atoms with van der Waals surface area (Å²) >= 11 is 6.06. The minimum Gasteiger partial charge on any atom is -0.495 e. The van der Waals surface area contributed by atoms with Crippen molar-refractivity contribution >= 4 is 33.2 Å². The SMILES string of the molecule is CCN(C)C(=O)c1ccc(Cl)c(S(=O)(=O)Nc2ccccc2OC)c1. The van der Waals surface area contributed by atoms with Crippen molar-refractivity contribution in [2.75, 3.05) is 25.4 Å². The first kappa shape index (κ1) is 19.1. The van der Waals surface area contributed by atoms with E-state index in [-0.39, 0.29) is 27.1 Å². The van der Waals surface area contributed by atoms with E-state index < -0.39 is 10.0 Å². The number of anilines is 1. The Hall–Kier alpha value is -2.25. The van der Waals surface area contributed by atoms with Gasteiger partial charge in [0.25, 0.3) is 15.9 Å². The number of hydrogen-bond donors (Lipinski definition) is 1. The van der Waals surface area contributed by atoms with Crippen LogP contribution in [-0.2, 0) is 10.0 Å². The second-order valence-electron chi connectivity index (χ2n) is 5.27. The first-order valence-corrected chi connectivity index (χ1v) is 9.37. The molecule has 0 aliphatic carbocycles. The third kappa shape index (κ3) is 4.24. The molecule has 0 spiro atoms. The molecule has 1 N–H and O–H groups in total. The standard InChI is InChI=1S/C17H19ClN2O4S/c1-4-20(2)17(21)12-9-10-13(18)16(11-12)25(22,23)19-14-7-5-6-8-15(14)24-3/h5-11,19H,4H2,1-3H3. The fourth-order valence-corrected chi connectivity index (χ4v) is 3.73. The number of carbonyl (C=O) groups excluding carboxylic acids is 1. The first-order valence-electron chi connectivity index (χ1n) is 7.51. The predicted molar refractivity (Wildman–Crippen MR) is 97.9 cm³/mol. The molecule has 0 unspecified atom stereocenters. The summed E-state index contributed by atoms with van der Waals surface area (Å²) < 4.78 is 33.0. The molecule has 0 bridgehead atoms. The van der Waals surface area contributed by atoms with E-state index >= 15 is 0 Å². The second-order valence-corrected chi connectivity index (χ2v) is 7.33. The number of nitrogens with one attached hydrogen (secondary N) is 1. The minimum absolute atomic E-state index is 0.0260. The molecule has 0 aliphatic rings. The van der Waals surface area contributed by atoms with Crippen LogP contribution in [-0.4, -0.2) is 39.9 Å². The Morgan fingerprint density at radius 2 is 1.92 bits per heavy atom. The zero-order chi connectivity index (χ0) is 18.6. The van der Waals surface area contributed by atoms with E-state index in [1.807, 2.05) is 6.92 Å². The number of rotatable bonds is 6. The van der Waals surface area contributed by atoms with Gasteiger partial charge in [-0.3, -0.25) is 9.52 Å². The number of nitrogens with zero attached hydrogens (tertiary/aromatic N) is 1. The molecule has 0 radical (unpaired) electrons. The van der Waals surface area contributed by atoms with E-state index in [1.165, 1.54) is 30.2 Å². The van der Waals surface area contributed by atoms with Crippen molar-refractivity contribution in [2.45, 2.75) is 11.8 Å². The van der Waals surface area contributed by atoms with Crippen molar-refractivity contribution in [2.24, 2.45) is 0 Å². The summed E-state index contributed by atoms with van der Waals surface area (Å²) in [7, 11) is -0.916. The zero-order valence-corrected chi connectivity index (χ0v) is 15.7. The van der Waals surface area contributed by atoms with Gasteiger partial charge in [0, 0.05) is 19.2 Å². The van der Waals surface area contributed by atoms with Gasteiger partial charge < -0.3 is 9.64 Å². The molecule has 134 valence electrons. The van der Waals surface area contributed by atoms with Gasteiger partial charge >= 0.3 is 0 Å². The molecular weight excluding hydrogens is 364 g/mol. The zero-order valence-electron chi connectivity index (χ0n) is 14.1. The molecule has 2 aromatic carbocycles. The highest BCUT2D eigenvalue weighted by atomic mass is 35.5. The van der Waals surface area contributed by atoms with E-state index in [4.69, 9.17) is 16.3 Å². The molecule has 6 nitrogen and oxygen atoms in total. The largest absolute Gasteiger partial charge is 0.495 e. The molecule has 0 fully saturated rings. The summed E-state index contributed by atoms with van der Waals surface area (Å²) in [6.45, 7) is 2.33. The normalized spacial score (nSPS) is 11.0. The Labute approximate surface area is 152 Å². The number of methoxy groups -OCH3 is 1. The van der Waals surface area contributed by atoms with Crippen molar-refractivity contribution < 1.29 is 17.9 Å². The molecule has 0 heterocycles. The Kier molecular flexibility index (Phi) is 5.92. The fourth-order valence-electron chi connectivity index (χ4n) is 2.14. The van der Waals surface area contributed by atoms with Crippen molar-refractivity contribution in [3.63, 3.8) is 0 Å². The van der Waals surface area contributed by atoms with Crippen LogP contribution < -0.4 is 9.46 Å². The summed E-state index contributed by atoms with van der Waals surface area (Å²) in [5, 5.41) is 0.0260. The van der Waals surface area contributed by atoms with E-state index in [9.17, 15) is 13.2 Å². The third-order valence-electron chi connectivity index (χ3n) is 3.64. The molecule has 2 aromatic rings. The van der Waals surface area contributed by atoms with Crippen LogP contribution in [0, 0.1) is 0 Å². The topological polar surface area (TPSA) is 75.7 Å². The van der Waals surface area contributed by atoms with Crippen molar-refractivity contribution in [3.8, 4) is 5.75 Å². The molecule has 2 rings (SSSR count). The maximum absolute atomic E-state index is 12.7. The van der Waals surface area contributed by atoms with Gasteiger partial charge in [0.2, 0.25) is 0 Å². The molecule has 0 saturated carbocycles. The smallest absolute Gasteiger partial charge is 0.263 e. The van der Waals surface area contributed by atoms with Crippen LogP contribution in [0.3, 0.4) is 0 Å². The third-order valence-corrected chi connectivity index (χ3v) is 5.49. The van der Waals surface area contributed by atoms with Gasteiger partial charge in [-0.1, -0.05) is 23.7 Å². The average molecular weight is 383 g/mol. The van der Waals surface area contributed by atoms with Crippen molar-refractivity contribution in [3.05, 3.63) is 53.1 Å². The molecule has 1 amide bonds. The molecule has 0 aromatic heterocycles. The summed E-state index contributed by atoms with van der Waals surface area (Å²) in [5.74, 6) is 0.0908. The lowest BCUT2D eigenvalue weighted by atomic mass is 10.2. The Balaban J connectivity index is 2.44. The molecule has 8 heteroatoms. The maximum atomic E-state index is 12.7. The monoisotopic (exact) mass is 382 g/mol. The first-order chi connectivity index (χ1) is 11.8. The van der Waals surface area contributed by atoms with Crippen LogP contribution in [0.1, 0.15) is 17.3 Å². The molecule has 0 aliphatic heterocycles. The number of carbonyl (C=O) groups is 1. The summed E-state index contributed by atoms with van der Waals surface area (Å²) in [6, 6.07) is 10.8. The van der Waals surface area contributed by atoms with Crippen LogP contribution in [0.2, 0.25) is 5.02 Å². The Morgan fingerprint density at radius 1 is 1.24 bits per heavy atom. The van der Waals surface area contributed by atoms with Gasteiger partial charge in [-0.15, -0.1) is 0 Å². The Bertz CT molecular complexity index is 884. The van der Waals surface area contributed by atoms with Gasteiger partial charge in [-0.2, -0.15) is 0 Å². The number of hydrogen-bond acceptors (Lipinski definition) is 4. The lowest BCUT2D eigenvalue weighted by Gasteiger charge is -2.16. The summed E-state index contributed by atoms with van der Waals surface area (Å²) in [5.41, 5.74) is 0.526. The lowest BCUT2D eigenvalue weighted by Crippen LogP contribution is -2.26. The number of para-hydroxylation sites is 2. The molecule has 25 heavy (non-hydrogen) atoms. The van der Waals surface area contributed by atoms with Crippen molar-refractivity contribution in [1.29, 1.82) is 0 Å². The number of ether oxygens (including phenoxy) is 1. The number of halogens is 1. The van der Waals surface area contributed by atoms with Gasteiger partial charge in [0.15, 0.2) is 0 Å². The van der Waals surface area contributed by atoms with Crippen LogP contribution >= 0.6 is 11.6 Å². The number of benzene rings is 2. The summed E-state index contributed by atoms with van der Waals surface area (Å²) in [6.07, 6.45) is 0. The molecule has 0 saturated heterocycles. The molecular formula is C17H19ClN2O4S. The van der Waals surface area contributed by atoms with Gasteiger partial charge in [-0.25, -0.2) is 8.42 Å². The maximum Gasteiger partial charge on any atom is 0.263 e. The number of amides is 1. The van der Waals surface area contributed by atoms with Crippen LogP contribution in [0.25, 0.3) is 0 Å². The highest BCUT2D eigenvalue weighted by Gasteiger charge is 2.22. The quantitative estimate of drug-likeness (QED) is 0.832. The summed E-state index contributed by atoms with van der Waals surface area (Å²) in [4.78, 5) is 13.6. The fraction of sp³-hybridized carbons (Fsp3) is 0.235. The van der Waals surface area contributed by atoms with E-state index in [1.54, 1.807) is 31.3 Å². The lowest BCUT2D eigenvalue weighted by molar-refractivity contribution is 0.0802.